The summed E-state index contributed by atoms with van der Waals surface area (Å²) in [6, 6.07) is 0. The highest BCUT2D eigenvalue weighted by Gasteiger charge is 2.35. The second-order valence-corrected chi connectivity index (χ2v) is 6.10. The van der Waals surface area contributed by atoms with E-state index in [1.807, 2.05) is 20.8 Å². The van der Waals surface area contributed by atoms with Gasteiger partial charge < -0.3 is 16.2 Å². The number of nitrogens with zero attached hydrogens (tertiary/aromatic N) is 1. The molecule has 17 heavy (non-hydrogen) atoms. The first kappa shape index (κ1) is 14.3. The summed E-state index contributed by atoms with van der Waals surface area (Å²) in [4.78, 5) is 4.24. The van der Waals surface area contributed by atoms with Crippen molar-refractivity contribution in [3.8, 4) is 0 Å². The van der Waals surface area contributed by atoms with Crippen LogP contribution in [0, 0.1) is 6.92 Å². The SMILES string of the molecule is Cc1c(N)cnc(NC(C)(C)C(C)(C)O)c1Br. The fraction of sp³-hybridized carbons (Fsp3) is 0.583. The van der Waals surface area contributed by atoms with Crippen LogP contribution in [0.15, 0.2) is 10.7 Å². The van der Waals surface area contributed by atoms with Gasteiger partial charge in [-0.1, -0.05) is 0 Å². The minimum atomic E-state index is -0.872. The van der Waals surface area contributed by atoms with Gasteiger partial charge in [-0.2, -0.15) is 0 Å². The summed E-state index contributed by atoms with van der Waals surface area (Å²) in [5, 5.41) is 13.3. The molecule has 0 aliphatic rings. The van der Waals surface area contributed by atoms with Crippen molar-refractivity contribution in [3.63, 3.8) is 0 Å². The number of aliphatic hydroxyl groups is 1. The predicted molar refractivity (Wildman–Crippen MR) is 75.1 cm³/mol. The molecule has 96 valence electrons. The van der Waals surface area contributed by atoms with E-state index in [0.29, 0.717) is 11.5 Å². The Morgan fingerprint density at radius 2 is 1.88 bits per heavy atom. The Hall–Kier alpha value is -0.810. The van der Waals surface area contributed by atoms with Gasteiger partial charge in [-0.3, -0.25) is 0 Å². The first-order valence-corrected chi connectivity index (χ1v) is 6.26. The maximum absolute atomic E-state index is 10.1. The minimum Gasteiger partial charge on any atom is -0.397 e. The van der Waals surface area contributed by atoms with Gasteiger partial charge in [-0.15, -0.1) is 0 Å². The Bertz CT molecular complexity index is 424. The molecule has 4 N–H and O–H groups in total. The molecule has 0 spiro atoms. The number of nitrogens with one attached hydrogen (secondary N) is 1. The lowest BCUT2D eigenvalue weighted by Crippen LogP contribution is -2.51. The maximum Gasteiger partial charge on any atom is 0.141 e. The van der Waals surface area contributed by atoms with Crippen LogP contribution in [0.3, 0.4) is 0 Å². The van der Waals surface area contributed by atoms with Gasteiger partial charge in [0.25, 0.3) is 0 Å². The van der Waals surface area contributed by atoms with Gasteiger partial charge in [-0.05, 0) is 56.1 Å². The van der Waals surface area contributed by atoms with E-state index < -0.39 is 11.1 Å². The molecule has 0 bridgehead atoms. The smallest absolute Gasteiger partial charge is 0.141 e. The number of halogens is 1. The monoisotopic (exact) mass is 301 g/mol. The van der Waals surface area contributed by atoms with Crippen LogP contribution in [0.25, 0.3) is 0 Å². The quantitative estimate of drug-likeness (QED) is 0.803. The summed E-state index contributed by atoms with van der Waals surface area (Å²) >= 11 is 3.46. The van der Waals surface area contributed by atoms with Crippen molar-refractivity contribution in [2.45, 2.75) is 45.8 Å². The number of nitrogen functional groups attached to an aromatic ring is 1. The number of nitrogens with two attached hydrogens (primary N) is 1. The molecule has 1 aromatic rings. The Morgan fingerprint density at radius 1 is 1.35 bits per heavy atom. The topological polar surface area (TPSA) is 71.2 Å². The number of hydrogen-bond acceptors (Lipinski definition) is 4. The molecule has 1 aromatic heterocycles. The van der Waals surface area contributed by atoms with Gasteiger partial charge in [0.05, 0.1) is 27.5 Å². The molecule has 1 rings (SSSR count). The summed E-state index contributed by atoms with van der Waals surface area (Å²) in [7, 11) is 0. The lowest BCUT2D eigenvalue weighted by Gasteiger charge is -2.38. The molecule has 0 radical (unpaired) electrons. The van der Waals surface area contributed by atoms with Crippen LogP contribution in [0.1, 0.15) is 33.3 Å². The highest BCUT2D eigenvalue weighted by Crippen LogP contribution is 2.32. The molecule has 0 unspecified atom stereocenters. The molecular weight excluding hydrogens is 282 g/mol. The van der Waals surface area contributed by atoms with E-state index >= 15 is 0 Å². The van der Waals surface area contributed by atoms with E-state index in [2.05, 4.69) is 26.2 Å². The van der Waals surface area contributed by atoms with E-state index in [9.17, 15) is 5.11 Å². The third-order valence-electron chi connectivity index (χ3n) is 3.26. The molecule has 5 heteroatoms. The standard InChI is InChI=1S/C12H20BrN3O/c1-7-8(14)6-15-10(9(7)13)16-11(2,3)12(4,5)17/h6,17H,14H2,1-5H3,(H,15,16). The summed E-state index contributed by atoms with van der Waals surface area (Å²) in [5.74, 6) is 0.684. The number of anilines is 2. The van der Waals surface area contributed by atoms with Gasteiger partial charge in [0.2, 0.25) is 0 Å². The third-order valence-corrected chi connectivity index (χ3v) is 4.23. The summed E-state index contributed by atoms with van der Waals surface area (Å²) in [5.41, 5.74) is 5.97. The Morgan fingerprint density at radius 3 is 2.35 bits per heavy atom. The molecule has 1 heterocycles. The molecule has 0 aliphatic heterocycles. The molecule has 4 nitrogen and oxygen atoms in total. The van der Waals surface area contributed by atoms with Crippen LogP contribution < -0.4 is 11.1 Å². The lowest BCUT2D eigenvalue weighted by atomic mass is 9.86. The van der Waals surface area contributed by atoms with Crippen molar-refractivity contribution in [2.75, 3.05) is 11.1 Å². The molecule has 0 aliphatic carbocycles. The fourth-order valence-electron chi connectivity index (χ4n) is 1.13. The van der Waals surface area contributed by atoms with E-state index in [0.717, 1.165) is 10.0 Å². The largest absolute Gasteiger partial charge is 0.397 e. The zero-order valence-corrected chi connectivity index (χ0v) is 12.5. The van der Waals surface area contributed by atoms with Gasteiger partial charge in [-0.25, -0.2) is 4.98 Å². The Labute approximate surface area is 111 Å². The van der Waals surface area contributed by atoms with Crippen LogP contribution in [0.2, 0.25) is 0 Å². The average molecular weight is 302 g/mol. The van der Waals surface area contributed by atoms with Gasteiger partial charge in [0.1, 0.15) is 5.82 Å². The molecule has 0 amide bonds. The first-order valence-electron chi connectivity index (χ1n) is 5.47. The number of hydrogen-bond donors (Lipinski definition) is 3. The van der Waals surface area contributed by atoms with Crippen molar-refractivity contribution in [3.05, 3.63) is 16.2 Å². The summed E-state index contributed by atoms with van der Waals surface area (Å²) in [6.07, 6.45) is 1.61. The zero-order chi connectivity index (χ0) is 13.4. The highest BCUT2D eigenvalue weighted by molar-refractivity contribution is 9.10. The van der Waals surface area contributed by atoms with Gasteiger partial charge in [0.15, 0.2) is 0 Å². The Kier molecular flexibility index (Phi) is 3.74. The maximum atomic E-state index is 10.1. The highest BCUT2D eigenvalue weighted by atomic mass is 79.9. The van der Waals surface area contributed by atoms with Crippen LogP contribution in [0.5, 0.6) is 0 Å². The van der Waals surface area contributed by atoms with E-state index in [-0.39, 0.29) is 0 Å². The second-order valence-electron chi connectivity index (χ2n) is 5.31. The normalized spacial score (nSPS) is 12.6. The van der Waals surface area contributed by atoms with Crippen LogP contribution in [0.4, 0.5) is 11.5 Å². The third kappa shape index (κ3) is 2.90. The molecule has 0 fully saturated rings. The van der Waals surface area contributed by atoms with E-state index in [4.69, 9.17) is 5.73 Å². The van der Waals surface area contributed by atoms with Crippen molar-refractivity contribution in [1.82, 2.24) is 4.98 Å². The predicted octanol–water partition coefficient (Wildman–Crippen LogP) is 2.70. The number of rotatable bonds is 3. The van der Waals surface area contributed by atoms with Crippen LogP contribution in [-0.2, 0) is 0 Å². The minimum absolute atomic E-state index is 0.509. The summed E-state index contributed by atoms with van der Waals surface area (Å²) in [6.45, 7) is 9.29. The summed E-state index contributed by atoms with van der Waals surface area (Å²) < 4.78 is 0.829. The molecule has 0 saturated carbocycles. The number of aromatic nitrogens is 1. The van der Waals surface area contributed by atoms with Crippen molar-refractivity contribution < 1.29 is 5.11 Å². The Balaban J connectivity index is 3.09. The molecular formula is C12H20BrN3O. The van der Waals surface area contributed by atoms with E-state index in [1.54, 1.807) is 20.0 Å². The fourth-order valence-corrected chi connectivity index (χ4v) is 1.56. The molecule has 0 aromatic carbocycles. The lowest BCUT2D eigenvalue weighted by molar-refractivity contribution is 0.0238. The van der Waals surface area contributed by atoms with Crippen molar-refractivity contribution in [2.24, 2.45) is 0 Å². The van der Waals surface area contributed by atoms with E-state index in [1.165, 1.54) is 0 Å². The van der Waals surface area contributed by atoms with Crippen LogP contribution in [-0.4, -0.2) is 21.2 Å². The first-order chi connectivity index (χ1) is 7.56. The number of pyridine rings is 1. The second kappa shape index (κ2) is 4.46. The van der Waals surface area contributed by atoms with Crippen LogP contribution >= 0.6 is 15.9 Å². The van der Waals surface area contributed by atoms with Gasteiger partial charge >= 0.3 is 0 Å². The zero-order valence-electron chi connectivity index (χ0n) is 10.9. The average Bonchev–Trinajstić information content (AvgIpc) is 2.17. The van der Waals surface area contributed by atoms with Gasteiger partial charge in [0, 0.05) is 0 Å². The van der Waals surface area contributed by atoms with Crippen molar-refractivity contribution in [1.29, 1.82) is 0 Å². The van der Waals surface area contributed by atoms with Crippen molar-refractivity contribution >= 4 is 27.4 Å². The molecule has 0 saturated heterocycles. The molecule has 0 atom stereocenters.